The molecule has 3 rings (SSSR count). The Labute approximate surface area is 289 Å². The Morgan fingerprint density at radius 2 is 1.06 bits per heavy atom. The van der Waals surface area contributed by atoms with Crippen molar-refractivity contribution in [2.45, 2.75) is 174 Å². The summed E-state index contributed by atoms with van der Waals surface area (Å²) in [5.74, 6) is 0. The maximum atomic E-state index is 6.35. The van der Waals surface area contributed by atoms with Crippen molar-refractivity contribution in [2.75, 3.05) is 27.4 Å². The molecule has 2 aromatic carbocycles. The zero-order valence-corrected chi connectivity index (χ0v) is 32.4. The smallest absolute Gasteiger partial charge is 0.0593 e. The van der Waals surface area contributed by atoms with E-state index in [1.54, 1.807) is 7.11 Å². The van der Waals surface area contributed by atoms with Gasteiger partial charge >= 0.3 is 0 Å². The zero-order chi connectivity index (χ0) is 34.8. The molecule has 4 atom stereocenters. The number of hydrogen-bond donors (Lipinski definition) is 0. The van der Waals surface area contributed by atoms with Crippen molar-refractivity contribution in [1.82, 2.24) is 0 Å². The minimum Gasteiger partial charge on any atom is -0.382 e. The summed E-state index contributed by atoms with van der Waals surface area (Å²) in [5.41, 5.74) is 8.92. The van der Waals surface area contributed by atoms with Crippen LogP contribution in [0, 0.1) is 0 Å². The molecule has 0 radical (unpaired) electrons. The highest BCUT2D eigenvalue weighted by Gasteiger charge is 2.43. The lowest BCUT2D eigenvalue weighted by Gasteiger charge is -2.35. The highest BCUT2D eigenvalue weighted by Crippen LogP contribution is 2.55. The van der Waals surface area contributed by atoms with Crippen LogP contribution in [0.25, 0.3) is 11.1 Å². The number of ether oxygens (including phenoxy) is 4. The minimum absolute atomic E-state index is 0.0283. The second-order valence-corrected chi connectivity index (χ2v) is 16.5. The highest BCUT2D eigenvalue weighted by molar-refractivity contribution is 5.82. The fraction of sp³-hybridized carbons (Fsp3) is 0.721. The van der Waals surface area contributed by atoms with E-state index in [-0.39, 0.29) is 34.6 Å². The van der Waals surface area contributed by atoms with Crippen LogP contribution in [0.5, 0.6) is 0 Å². The molecule has 1 aliphatic rings. The van der Waals surface area contributed by atoms with E-state index in [0.717, 1.165) is 77.4 Å². The second-order valence-electron chi connectivity index (χ2n) is 16.5. The SMILES string of the molecule is CCCC(CCOC(C)CCCC1(CCCC(C)OCCC(C)OC)c2cc(C(C)(C)C)ccc2-c2ccc(C(C)(C)C)cc21)OC. The summed E-state index contributed by atoms with van der Waals surface area (Å²) in [6.45, 7) is 24.4. The summed E-state index contributed by atoms with van der Waals surface area (Å²) in [6, 6.07) is 14.7. The van der Waals surface area contributed by atoms with E-state index < -0.39 is 0 Å². The molecule has 0 aliphatic heterocycles. The summed E-state index contributed by atoms with van der Waals surface area (Å²) < 4.78 is 23.7. The first kappa shape index (κ1) is 39.7. The highest BCUT2D eigenvalue weighted by atomic mass is 16.5. The quantitative estimate of drug-likeness (QED) is 0.143. The average molecular weight is 651 g/mol. The fourth-order valence-electron chi connectivity index (χ4n) is 7.30. The van der Waals surface area contributed by atoms with Gasteiger partial charge in [-0.2, -0.15) is 0 Å². The molecule has 47 heavy (non-hydrogen) atoms. The lowest BCUT2D eigenvalue weighted by Crippen LogP contribution is -2.28. The van der Waals surface area contributed by atoms with Crippen molar-refractivity contribution in [1.29, 1.82) is 0 Å². The summed E-state index contributed by atoms with van der Waals surface area (Å²) in [4.78, 5) is 0. The molecule has 0 aromatic heterocycles. The Bertz CT molecular complexity index is 1160. The Morgan fingerprint density at radius 1 is 0.596 bits per heavy atom. The first-order valence-electron chi connectivity index (χ1n) is 18.8. The molecule has 0 saturated carbocycles. The third kappa shape index (κ3) is 10.9. The van der Waals surface area contributed by atoms with Gasteiger partial charge in [0.2, 0.25) is 0 Å². The minimum atomic E-state index is -0.0283. The van der Waals surface area contributed by atoms with E-state index in [2.05, 4.69) is 106 Å². The van der Waals surface area contributed by atoms with E-state index >= 15 is 0 Å². The lowest BCUT2D eigenvalue weighted by molar-refractivity contribution is 0.0153. The third-order valence-corrected chi connectivity index (χ3v) is 10.6. The second kappa shape index (κ2) is 17.8. The molecule has 0 saturated heterocycles. The molecule has 266 valence electrons. The van der Waals surface area contributed by atoms with Crippen molar-refractivity contribution in [2.24, 2.45) is 0 Å². The predicted molar refractivity (Wildman–Crippen MR) is 200 cm³/mol. The van der Waals surface area contributed by atoms with Gasteiger partial charge in [0.05, 0.1) is 24.4 Å². The van der Waals surface area contributed by atoms with Gasteiger partial charge in [0.15, 0.2) is 0 Å². The van der Waals surface area contributed by atoms with Crippen LogP contribution in [-0.2, 0) is 35.2 Å². The monoisotopic (exact) mass is 651 g/mol. The van der Waals surface area contributed by atoms with Gasteiger partial charge in [-0.05, 0) is 123 Å². The molecule has 2 aromatic rings. The van der Waals surface area contributed by atoms with Crippen molar-refractivity contribution < 1.29 is 18.9 Å². The molecule has 0 spiro atoms. The van der Waals surface area contributed by atoms with Gasteiger partial charge in [-0.15, -0.1) is 0 Å². The summed E-state index contributed by atoms with van der Waals surface area (Å²) in [6.07, 6.45) is 11.8. The van der Waals surface area contributed by atoms with Crippen LogP contribution in [-0.4, -0.2) is 51.8 Å². The first-order chi connectivity index (χ1) is 22.2. The van der Waals surface area contributed by atoms with E-state index in [1.165, 1.54) is 33.4 Å². The number of methoxy groups -OCH3 is 2. The molecule has 0 N–H and O–H groups in total. The van der Waals surface area contributed by atoms with Crippen LogP contribution in [0.3, 0.4) is 0 Å². The molecule has 4 unspecified atom stereocenters. The lowest BCUT2D eigenvalue weighted by atomic mass is 9.69. The molecule has 1 aliphatic carbocycles. The van der Waals surface area contributed by atoms with E-state index in [9.17, 15) is 0 Å². The average Bonchev–Trinajstić information content (AvgIpc) is 3.28. The number of fused-ring (bicyclic) bond motifs is 3. The fourth-order valence-corrected chi connectivity index (χ4v) is 7.30. The predicted octanol–water partition coefficient (Wildman–Crippen LogP) is 11.3. The zero-order valence-electron chi connectivity index (χ0n) is 32.4. The molecule has 4 nitrogen and oxygen atoms in total. The normalized spacial score (nSPS) is 16.9. The van der Waals surface area contributed by atoms with Crippen LogP contribution in [0.1, 0.15) is 156 Å². The number of hydrogen-bond acceptors (Lipinski definition) is 4. The number of rotatable bonds is 20. The maximum Gasteiger partial charge on any atom is 0.0593 e. The first-order valence-corrected chi connectivity index (χ1v) is 18.8. The van der Waals surface area contributed by atoms with Crippen molar-refractivity contribution in [3.05, 3.63) is 58.7 Å². The summed E-state index contributed by atoms with van der Waals surface area (Å²) in [7, 11) is 3.60. The van der Waals surface area contributed by atoms with Gasteiger partial charge in [-0.3, -0.25) is 0 Å². The van der Waals surface area contributed by atoms with Gasteiger partial charge in [-0.25, -0.2) is 0 Å². The molecule has 0 heterocycles. The van der Waals surface area contributed by atoms with Gasteiger partial charge in [0.25, 0.3) is 0 Å². The molecular formula is C43H70O4. The van der Waals surface area contributed by atoms with Gasteiger partial charge in [0, 0.05) is 32.8 Å². The molecule has 4 heteroatoms. The Morgan fingerprint density at radius 3 is 1.47 bits per heavy atom. The molecule has 0 bridgehead atoms. The molecule has 0 fully saturated rings. The Kier molecular flexibility index (Phi) is 15.0. The van der Waals surface area contributed by atoms with Gasteiger partial charge in [-0.1, -0.05) is 91.3 Å². The van der Waals surface area contributed by atoms with Crippen LogP contribution >= 0.6 is 0 Å². The van der Waals surface area contributed by atoms with Crippen molar-refractivity contribution in [3.63, 3.8) is 0 Å². The van der Waals surface area contributed by atoms with E-state index in [0.29, 0.717) is 6.10 Å². The van der Waals surface area contributed by atoms with Crippen LogP contribution in [0.4, 0.5) is 0 Å². The van der Waals surface area contributed by atoms with Crippen LogP contribution in [0.2, 0.25) is 0 Å². The van der Waals surface area contributed by atoms with E-state index in [1.807, 2.05) is 7.11 Å². The van der Waals surface area contributed by atoms with Crippen molar-refractivity contribution in [3.8, 4) is 11.1 Å². The Hall–Kier alpha value is -1.72. The standard InChI is InChI=1S/C43H70O4/c1-13-16-36(45-12)24-28-47-33(4)18-15-26-43(25-14-17-32(3)46-27-23-31(2)44-11)39-29-34(41(5,6)7)19-21-37(39)38-22-20-35(30-40(38)43)42(8,9)10/h19-22,29-33,36H,13-18,23-28H2,1-12H3. The van der Waals surface area contributed by atoms with E-state index in [4.69, 9.17) is 18.9 Å². The maximum absolute atomic E-state index is 6.35. The summed E-state index contributed by atoms with van der Waals surface area (Å²) >= 11 is 0. The topological polar surface area (TPSA) is 36.9 Å². The van der Waals surface area contributed by atoms with Crippen LogP contribution in [0.15, 0.2) is 36.4 Å². The molecule has 0 amide bonds. The van der Waals surface area contributed by atoms with Gasteiger partial charge < -0.3 is 18.9 Å². The van der Waals surface area contributed by atoms with Crippen molar-refractivity contribution >= 4 is 0 Å². The van der Waals surface area contributed by atoms with Gasteiger partial charge in [0.1, 0.15) is 0 Å². The molecular weight excluding hydrogens is 580 g/mol. The number of benzene rings is 2. The third-order valence-electron chi connectivity index (χ3n) is 10.6. The largest absolute Gasteiger partial charge is 0.382 e. The Balaban J connectivity index is 1.91. The van der Waals surface area contributed by atoms with Crippen LogP contribution < -0.4 is 0 Å². The summed E-state index contributed by atoms with van der Waals surface area (Å²) in [5, 5.41) is 0.